The SMILES string of the molecule is CCNC(=NCC1(c2cccc(Cl)c2)CC1)NCCN1CCCS1(=O)=O.I. The molecule has 0 spiro atoms. The molecule has 1 aliphatic carbocycles. The fourth-order valence-electron chi connectivity index (χ4n) is 3.32. The van der Waals surface area contributed by atoms with Crippen LogP contribution in [0.15, 0.2) is 29.3 Å². The van der Waals surface area contributed by atoms with Gasteiger partial charge in [-0.1, -0.05) is 23.7 Å². The van der Waals surface area contributed by atoms with Crippen LogP contribution in [0.3, 0.4) is 0 Å². The van der Waals surface area contributed by atoms with Crippen molar-refractivity contribution >= 4 is 51.6 Å². The van der Waals surface area contributed by atoms with E-state index in [1.807, 2.05) is 25.1 Å². The number of sulfonamides is 1. The van der Waals surface area contributed by atoms with Crippen molar-refractivity contribution in [1.82, 2.24) is 14.9 Å². The van der Waals surface area contributed by atoms with Gasteiger partial charge in [0.05, 0.1) is 12.3 Å². The van der Waals surface area contributed by atoms with Crippen LogP contribution in [0.1, 0.15) is 31.7 Å². The molecule has 1 heterocycles. The predicted octanol–water partition coefficient (Wildman–Crippen LogP) is 2.58. The average molecular weight is 527 g/mol. The first-order valence-electron chi connectivity index (χ1n) is 9.21. The van der Waals surface area contributed by atoms with Crippen molar-refractivity contribution in [3.63, 3.8) is 0 Å². The molecule has 1 saturated heterocycles. The largest absolute Gasteiger partial charge is 0.357 e. The molecule has 2 aliphatic rings. The van der Waals surface area contributed by atoms with Gasteiger partial charge in [-0.2, -0.15) is 0 Å². The molecule has 0 aromatic heterocycles. The Morgan fingerprint density at radius 1 is 1.33 bits per heavy atom. The van der Waals surface area contributed by atoms with Gasteiger partial charge in [-0.3, -0.25) is 4.99 Å². The van der Waals surface area contributed by atoms with Crippen molar-refractivity contribution in [1.29, 1.82) is 0 Å². The van der Waals surface area contributed by atoms with Crippen molar-refractivity contribution in [2.24, 2.45) is 4.99 Å². The summed E-state index contributed by atoms with van der Waals surface area (Å²) in [6.45, 7) is 5.13. The number of aliphatic imine (C=N–C) groups is 1. The molecule has 152 valence electrons. The Labute approximate surface area is 184 Å². The molecule has 0 atom stereocenters. The van der Waals surface area contributed by atoms with Crippen molar-refractivity contribution in [3.05, 3.63) is 34.9 Å². The van der Waals surface area contributed by atoms with Crippen molar-refractivity contribution < 1.29 is 8.42 Å². The average Bonchev–Trinajstić information content (AvgIpc) is 3.32. The molecule has 0 amide bonds. The topological polar surface area (TPSA) is 73.8 Å². The predicted molar refractivity (Wildman–Crippen MR) is 122 cm³/mol. The first-order chi connectivity index (χ1) is 12.5. The highest BCUT2D eigenvalue weighted by atomic mass is 127. The second kappa shape index (κ2) is 9.76. The number of rotatable bonds is 7. The zero-order valence-electron chi connectivity index (χ0n) is 15.6. The second-order valence-corrected chi connectivity index (χ2v) is 9.51. The van der Waals surface area contributed by atoms with E-state index in [2.05, 4.69) is 16.7 Å². The number of hydrogen-bond acceptors (Lipinski definition) is 3. The Hall–Kier alpha value is -0.580. The van der Waals surface area contributed by atoms with E-state index in [1.54, 1.807) is 4.31 Å². The van der Waals surface area contributed by atoms with E-state index in [9.17, 15) is 8.42 Å². The summed E-state index contributed by atoms with van der Waals surface area (Å²) in [5.74, 6) is 1.00. The lowest BCUT2D eigenvalue weighted by molar-refractivity contribution is 0.445. The zero-order chi connectivity index (χ0) is 18.6. The standard InChI is InChI=1S/C18H27ClN4O2S.HI/c1-2-20-17(21-9-11-23-10-4-12-26(23,24)25)22-14-18(7-8-18)15-5-3-6-16(19)13-15;/h3,5-6,13H,2,4,7-12,14H2,1H3,(H2,20,21,22);1H. The summed E-state index contributed by atoms with van der Waals surface area (Å²) in [6, 6.07) is 8.03. The van der Waals surface area contributed by atoms with Gasteiger partial charge in [-0.05, 0) is 43.9 Å². The third-order valence-corrected chi connectivity index (χ3v) is 7.22. The van der Waals surface area contributed by atoms with Crippen LogP contribution in [-0.4, -0.2) is 57.2 Å². The number of benzene rings is 1. The lowest BCUT2D eigenvalue weighted by Crippen LogP contribution is -2.42. The Balaban J connectivity index is 0.00000261. The van der Waals surface area contributed by atoms with Crippen LogP contribution in [0.5, 0.6) is 0 Å². The number of hydrogen-bond donors (Lipinski definition) is 2. The summed E-state index contributed by atoms with van der Waals surface area (Å²) < 4.78 is 25.3. The summed E-state index contributed by atoms with van der Waals surface area (Å²) >= 11 is 6.13. The first-order valence-corrected chi connectivity index (χ1v) is 11.2. The van der Waals surface area contributed by atoms with Crippen LogP contribution in [-0.2, 0) is 15.4 Å². The Morgan fingerprint density at radius 2 is 2.11 bits per heavy atom. The lowest BCUT2D eigenvalue weighted by Gasteiger charge is -2.18. The van der Waals surface area contributed by atoms with Crippen LogP contribution < -0.4 is 10.6 Å². The molecule has 1 aliphatic heterocycles. The van der Waals surface area contributed by atoms with Crippen LogP contribution in [0.2, 0.25) is 5.02 Å². The van der Waals surface area contributed by atoms with Gasteiger partial charge in [0.2, 0.25) is 10.0 Å². The molecule has 0 unspecified atom stereocenters. The van der Waals surface area contributed by atoms with Crippen molar-refractivity contribution in [2.45, 2.75) is 31.6 Å². The number of nitrogens with one attached hydrogen (secondary N) is 2. The summed E-state index contributed by atoms with van der Waals surface area (Å²) in [6.07, 6.45) is 2.95. The van der Waals surface area contributed by atoms with Crippen LogP contribution in [0.4, 0.5) is 0 Å². The molecule has 1 aromatic carbocycles. The molecule has 27 heavy (non-hydrogen) atoms. The van der Waals surface area contributed by atoms with Gasteiger partial charge in [-0.15, -0.1) is 24.0 Å². The molecular weight excluding hydrogens is 499 g/mol. The van der Waals surface area contributed by atoms with Gasteiger partial charge >= 0.3 is 0 Å². The van der Waals surface area contributed by atoms with E-state index in [0.29, 0.717) is 26.2 Å². The summed E-state index contributed by atoms with van der Waals surface area (Å²) in [4.78, 5) is 4.74. The second-order valence-electron chi connectivity index (χ2n) is 6.98. The molecule has 0 radical (unpaired) electrons. The zero-order valence-corrected chi connectivity index (χ0v) is 19.5. The van der Waals surface area contributed by atoms with E-state index in [0.717, 1.165) is 36.8 Å². The molecule has 3 rings (SSSR count). The van der Waals surface area contributed by atoms with Crippen LogP contribution in [0.25, 0.3) is 0 Å². The smallest absolute Gasteiger partial charge is 0.214 e. The number of guanidine groups is 1. The highest BCUT2D eigenvalue weighted by Crippen LogP contribution is 2.48. The van der Waals surface area contributed by atoms with E-state index in [4.69, 9.17) is 16.6 Å². The third-order valence-electron chi connectivity index (χ3n) is 5.03. The Morgan fingerprint density at radius 3 is 2.70 bits per heavy atom. The quantitative estimate of drug-likeness (QED) is 0.325. The highest BCUT2D eigenvalue weighted by molar-refractivity contribution is 14.0. The molecular formula is C18H28ClIN4O2S. The maximum absolute atomic E-state index is 11.9. The Kier molecular flexibility index (Phi) is 8.20. The molecule has 1 saturated carbocycles. The van der Waals surface area contributed by atoms with Gasteiger partial charge < -0.3 is 10.6 Å². The molecule has 1 aromatic rings. The van der Waals surface area contributed by atoms with Crippen LogP contribution in [0, 0.1) is 0 Å². The van der Waals surface area contributed by atoms with Gasteiger partial charge in [-0.25, -0.2) is 12.7 Å². The fraction of sp³-hybridized carbons (Fsp3) is 0.611. The third kappa shape index (κ3) is 5.95. The number of halogens is 2. The summed E-state index contributed by atoms with van der Waals surface area (Å²) in [5.41, 5.74) is 1.33. The first kappa shape index (κ1) is 22.7. The minimum atomic E-state index is -3.04. The van der Waals surface area contributed by atoms with Gasteiger partial charge in [0.15, 0.2) is 5.96 Å². The van der Waals surface area contributed by atoms with Crippen molar-refractivity contribution in [3.8, 4) is 0 Å². The fourth-order valence-corrected chi connectivity index (χ4v) is 5.04. The molecule has 9 heteroatoms. The molecule has 0 bridgehead atoms. The van der Waals surface area contributed by atoms with Crippen molar-refractivity contribution in [2.75, 3.05) is 38.5 Å². The Bertz CT molecular complexity index is 768. The van der Waals surface area contributed by atoms with Crippen LogP contribution >= 0.6 is 35.6 Å². The molecule has 6 nitrogen and oxygen atoms in total. The monoisotopic (exact) mass is 526 g/mol. The van der Waals surface area contributed by atoms with Gasteiger partial charge in [0.25, 0.3) is 0 Å². The maximum atomic E-state index is 11.9. The normalized spacial score (nSPS) is 20.7. The molecule has 2 fully saturated rings. The summed E-state index contributed by atoms with van der Waals surface area (Å²) in [5, 5.41) is 7.25. The lowest BCUT2D eigenvalue weighted by atomic mass is 9.96. The van der Waals surface area contributed by atoms with E-state index < -0.39 is 10.0 Å². The van der Waals surface area contributed by atoms with E-state index in [-0.39, 0.29) is 35.1 Å². The van der Waals surface area contributed by atoms with E-state index >= 15 is 0 Å². The summed E-state index contributed by atoms with van der Waals surface area (Å²) in [7, 11) is -3.04. The highest BCUT2D eigenvalue weighted by Gasteiger charge is 2.44. The minimum Gasteiger partial charge on any atom is -0.357 e. The maximum Gasteiger partial charge on any atom is 0.214 e. The van der Waals surface area contributed by atoms with Gasteiger partial charge in [0.1, 0.15) is 0 Å². The molecule has 2 N–H and O–H groups in total. The number of nitrogens with zero attached hydrogens (tertiary/aromatic N) is 2. The van der Waals surface area contributed by atoms with Gasteiger partial charge in [0, 0.05) is 36.6 Å². The van der Waals surface area contributed by atoms with E-state index in [1.165, 1.54) is 5.56 Å². The minimum absolute atomic E-state index is 0.